The second kappa shape index (κ2) is 9.17. The molecule has 3 rings (SSSR count). The Kier molecular flexibility index (Phi) is 7.15. The summed E-state index contributed by atoms with van der Waals surface area (Å²) in [4.78, 5) is 12.2. The number of rotatable bonds is 6. The number of carbonyl (C=O) groups is 1. The van der Waals surface area contributed by atoms with Crippen LogP contribution < -0.4 is 0 Å². The Morgan fingerprint density at radius 1 is 1.35 bits per heavy atom. The van der Waals surface area contributed by atoms with Gasteiger partial charge in [-0.3, -0.25) is 4.79 Å². The molecule has 0 aromatic carbocycles. The molecule has 3 aliphatic carbocycles. The van der Waals surface area contributed by atoms with Crippen LogP contribution >= 0.6 is 0 Å². The summed E-state index contributed by atoms with van der Waals surface area (Å²) in [5.74, 6) is 0.697. The number of fused-ring (bicyclic) bond motifs is 1. The zero-order valence-electron chi connectivity index (χ0n) is 19.7. The van der Waals surface area contributed by atoms with Gasteiger partial charge < -0.3 is 15.3 Å². The number of Topliss-reactive ketones (excluding diaryl/α,β-unsaturated/α-hetero) is 1. The van der Waals surface area contributed by atoms with Crippen LogP contribution in [0.3, 0.4) is 0 Å². The molecule has 0 spiro atoms. The zero-order chi connectivity index (χ0) is 23.0. The first-order chi connectivity index (χ1) is 14.4. The van der Waals surface area contributed by atoms with Gasteiger partial charge in [0.2, 0.25) is 0 Å². The Morgan fingerprint density at radius 2 is 2.06 bits per heavy atom. The van der Waals surface area contributed by atoms with E-state index in [0.29, 0.717) is 31.1 Å². The third-order valence-electron chi connectivity index (χ3n) is 7.89. The Bertz CT molecular complexity index is 810. The van der Waals surface area contributed by atoms with Crippen LogP contribution in [0.25, 0.3) is 0 Å². The summed E-state index contributed by atoms with van der Waals surface area (Å²) in [6.07, 6.45) is 12.0. The van der Waals surface area contributed by atoms with Gasteiger partial charge in [-0.15, -0.1) is 0 Å². The lowest BCUT2D eigenvalue weighted by molar-refractivity contribution is -0.134. The maximum absolute atomic E-state index is 12.2. The van der Waals surface area contributed by atoms with Gasteiger partial charge in [0.25, 0.3) is 0 Å². The van der Waals surface area contributed by atoms with Gasteiger partial charge in [-0.05, 0) is 80.8 Å². The van der Waals surface area contributed by atoms with Crippen molar-refractivity contribution in [3.8, 4) is 0 Å². The van der Waals surface area contributed by atoms with Crippen molar-refractivity contribution in [1.29, 1.82) is 0 Å². The van der Waals surface area contributed by atoms with Crippen LogP contribution in [0.5, 0.6) is 0 Å². The van der Waals surface area contributed by atoms with Crippen molar-refractivity contribution in [1.82, 2.24) is 0 Å². The molecule has 2 saturated carbocycles. The molecule has 1 unspecified atom stereocenters. The average Bonchev–Trinajstić information content (AvgIpc) is 3.04. The quantitative estimate of drug-likeness (QED) is 0.531. The summed E-state index contributed by atoms with van der Waals surface area (Å²) in [5.41, 5.74) is 3.45. The van der Waals surface area contributed by atoms with E-state index in [4.69, 9.17) is 0 Å². The Balaban J connectivity index is 1.73. The van der Waals surface area contributed by atoms with Crippen LogP contribution in [-0.4, -0.2) is 38.9 Å². The minimum atomic E-state index is -1.26. The highest BCUT2D eigenvalue weighted by Gasteiger charge is 2.46. The standard InChI is InChI=1S/C27H40O4/c1-17(8-13-25(30)26(3,4)31)22-11-12-23-19(7-6-14-27(22,23)5)9-10-20-15-21(28)16-24(29)18(20)2/h9-11,17,21,23-24,28-29,31H,2,6-8,12-16H2,1,3-5H3/t17-,21+,23?,24+,27-/m1/s1. The highest BCUT2D eigenvalue weighted by atomic mass is 16.3. The molecule has 3 aliphatic rings. The predicted molar refractivity (Wildman–Crippen MR) is 124 cm³/mol. The van der Waals surface area contributed by atoms with Gasteiger partial charge in [0.1, 0.15) is 5.60 Å². The van der Waals surface area contributed by atoms with E-state index in [0.717, 1.165) is 43.3 Å². The minimum Gasteiger partial charge on any atom is -0.393 e. The first-order valence-corrected chi connectivity index (χ1v) is 11.8. The van der Waals surface area contributed by atoms with E-state index >= 15 is 0 Å². The lowest BCUT2D eigenvalue weighted by Gasteiger charge is -2.42. The first kappa shape index (κ1) is 24.2. The molecular weight excluding hydrogens is 388 g/mol. The smallest absolute Gasteiger partial charge is 0.163 e. The van der Waals surface area contributed by atoms with Crippen LogP contribution in [0.15, 0.2) is 47.1 Å². The average molecular weight is 429 g/mol. The molecule has 4 heteroatoms. The summed E-state index contributed by atoms with van der Waals surface area (Å²) in [7, 11) is 0. The van der Waals surface area contributed by atoms with E-state index in [1.807, 2.05) is 0 Å². The highest BCUT2D eigenvalue weighted by Crippen LogP contribution is 2.57. The molecule has 0 saturated heterocycles. The number of carbonyl (C=O) groups excluding carboxylic acids is 1. The van der Waals surface area contributed by atoms with Gasteiger partial charge in [0.05, 0.1) is 12.2 Å². The first-order valence-electron chi connectivity index (χ1n) is 11.8. The van der Waals surface area contributed by atoms with E-state index < -0.39 is 17.8 Å². The number of hydrogen-bond donors (Lipinski definition) is 3. The molecule has 0 aromatic rings. The molecule has 0 amide bonds. The van der Waals surface area contributed by atoms with Crippen LogP contribution in [0.1, 0.15) is 79.1 Å². The highest BCUT2D eigenvalue weighted by molar-refractivity contribution is 5.86. The van der Waals surface area contributed by atoms with Crippen molar-refractivity contribution >= 4 is 5.78 Å². The molecule has 5 atom stereocenters. The third-order valence-corrected chi connectivity index (χ3v) is 7.89. The summed E-state index contributed by atoms with van der Waals surface area (Å²) >= 11 is 0. The normalized spacial score (nSPS) is 35.3. The van der Waals surface area contributed by atoms with Gasteiger partial charge in [-0.1, -0.05) is 49.8 Å². The van der Waals surface area contributed by atoms with Crippen molar-refractivity contribution in [2.24, 2.45) is 17.3 Å². The second-order valence-corrected chi connectivity index (χ2v) is 10.7. The molecule has 0 radical (unpaired) electrons. The minimum absolute atomic E-state index is 0.0902. The molecule has 2 fully saturated rings. The number of allylic oxidation sites excluding steroid dienone is 5. The second-order valence-electron chi connectivity index (χ2n) is 10.7. The van der Waals surface area contributed by atoms with Crippen molar-refractivity contribution < 1.29 is 20.1 Å². The van der Waals surface area contributed by atoms with Crippen LogP contribution in [-0.2, 0) is 4.79 Å². The molecule has 0 bridgehead atoms. The zero-order valence-corrected chi connectivity index (χ0v) is 19.7. The molecular formula is C27H40O4. The van der Waals surface area contributed by atoms with Crippen LogP contribution in [0.2, 0.25) is 0 Å². The van der Waals surface area contributed by atoms with E-state index in [9.17, 15) is 20.1 Å². The van der Waals surface area contributed by atoms with E-state index in [2.05, 4.69) is 38.7 Å². The van der Waals surface area contributed by atoms with Gasteiger partial charge in [-0.2, -0.15) is 0 Å². The fourth-order valence-corrected chi connectivity index (χ4v) is 5.89. The maximum atomic E-state index is 12.2. The fraction of sp³-hybridized carbons (Fsp3) is 0.667. The third kappa shape index (κ3) is 5.13. The Morgan fingerprint density at radius 3 is 2.74 bits per heavy atom. The number of ketones is 1. The van der Waals surface area contributed by atoms with E-state index in [-0.39, 0.29) is 11.2 Å². The van der Waals surface area contributed by atoms with Gasteiger partial charge in [0.15, 0.2) is 5.78 Å². The Hall–Kier alpha value is -1.49. The van der Waals surface area contributed by atoms with E-state index in [1.165, 1.54) is 11.1 Å². The van der Waals surface area contributed by atoms with Gasteiger partial charge in [-0.25, -0.2) is 0 Å². The summed E-state index contributed by atoms with van der Waals surface area (Å²) in [6.45, 7) is 11.7. The van der Waals surface area contributed by atoms with Crippen LogP contribution in [0.4, 0.5) is 0 Å². The molecule has 0 heterocycles. The SMILES string of the molecule is C=C1C(=CC=C2CCC[C@]3(C)C([C@H](C)CCC(=O)C(C)(C)O)=CCC23)C[C@H](O)C[C@@H]1O. The molecule has 31 heavy (non-hydrogen) atoms. The molecule has 0 aliphatic heterocycles. The lowest BCUT2D eigenvalue weighted by Crippen LogP contribution is -2.34. The summed E-state index contributed by atoms with van der Waals surface area (Å²) in [5, 5.41) is 30.1. The maximum Gasteiger partial charge on any atom is 0.163 e. The topological polar surface area (TPSA) is 77.8 Å². The number of aliphatic hydroxyl groups excluding tert-OH is 2. The van der Waals surface area contributed by atoms with Crippen molar-refractivity contribution in [3.63, 3.8) is 0 Å². The van der Waals surface area contributed by atoms with Gasteiger partial charge >= 0.3 is 0 Å². The van der Waals surface area contributed by atoms with Crippen molar-refractivity contribution in [2.75, 3.05) is 0 Å². The summed E-state index contributed by atoms with van der Waals surface area (Å²) in [6, 6.07) is 0. The summed E-state index contributed by atoms with van der Waals surface area (Å²) < 4.78 is 0. The number of aliphatic hydroxyl groups is 3. The monoisotopic (exact) mass is 428 g/mol. The number of hydrogen-bond acceptors (Lipinski definition) is 4. The van der Waals surface area contributed by atoms with Crippen LogP contribution in [0, 0.1) is 17.3 Å². The van der Waals surface area contributed by atoms with Crippen molar-refractivity contribution in [2.45, 2.75) is 96.9 Å². The molecule has 3 N–H and O–H groups in total. The predicted octanol–water partition coefficient (Wildman–Crippen LogP) is 4.80. The Labute approximate surface area is 187 Å². The molecule has 0 aromatic heterocycles. The molecule has 172 valence electrons. The van der Waals surface area contributed by atoms with E-state index in [1.54, 1.807) is 13.8 Å². The van der Waals surface area contributed by atoms with Gasteiger partial charge in [0, 0.05) is 12.8 Å². The fourth-order valence-electron chi connectivity index (χ4n) is 5.89. The van der Waals surface area contributed by atoms with Crippen molar-refractivity contribution in [3.05, 3.63) is 47.1 Å². The lowest BCUT2D eigenvalue weighted by atomic mass is 9.62. The largest absolute Gasteiger partial charge is 0.393 e. The molecule has 4 nitrogen and oxygen atoms in total.